The zero-order valence-electron chi connectivity index (χ0n) is 4.84. The number of carbonyl (C=O) groups excluding carboxylic acids is 1. The average molecular weight is 160 g/mol. The van der Waals surface area contributed by atoms with E-state index in [1.54, 1.807) is 0 Å². The molecule has 1 rings (SSSR count). The first-order chi connectivity index (χ1) is 4.74. The zero-order chi connectivity index (χ0) is 7.56. The molecule has 0 unspecified atom stereocenters. The Kier molecular flexibility index (Phi) is 1.97. The third kappa shape index (κ3) is 1.30. The summed E-state index contributed by atoms with van der Waals surface area (Å²) in [5, 5.41) is 0.163. The fourth-order valence-corrected chi connectivity index (χ4v) is 0.666. The second-order valence-corrected chi connectivity index (χ2v) is 2.05. The molecule has 52 valence electrons. The van der Waals surface area contributed by atoms with Crippen LogP contribution in [0.1, 0.15) is 10.4 Å². The van der Waals surface area contributed by atoms with E-state index in [-0.39, 0.29) is 10.6 Å². The van der Waals surface area contributed by atoms with Gasteiger partial charge in [0.2, 0.25) is 5.95 Å². The molecule has 0 atom stereocenters. The Hall–Kier alpha value is -0.960. The molecule has 0 saturated heterocycles. The van der Waals surface area contributed by atoms with Crippen LogP contribution < -0.4 is 0 Å². The van der Waals surface area contributed by atoms with Gasteiger partial charge in [-0.05, 0) is 0 Å². The Morgan fingerprint density at radius 2 is 2.40 bits per heavy atom. The van der Waals surface area contributed by atoms with E-state index in [9.17, 15) is 9.18 Å². The molecule has 10 heavy (non-hydrogen) atoms. The molecule has 0 aromatic carbocycles. The van der Waals surface area contributed by atoms with Gasteiger partial charge in [-0.1, -0.05) is 11.6 Å². The number of hydrogen-bond acceptors (Lipinski definition) is 2. The summed E-state index contributed by atoms with van der Waals surface area (Å²) in [6.07, 6.45) is 1.58. The summed E-state index contributed by atoms with van der Waals surface area (Å²) in [6.45, 7) is 0. The van der Waals surface area contributed by atoms with E-state index < -0.39 is 5.95 Å². The molecule has 0 aliphatic carbocycles. The minimum Gasteiger partial charge on any atom is -0.298 e. The lowest BCUT2D eigenvalue weighted by atomic mass is 10.3. The molecule has 2 nitrogen and oxygen atoms in total. The number of halogens is 2. The van der Waals surface area contributed by atoms with E-state index >= 15 is 0 Å². The van der Waals surface area contributed by atoms with Gasteiger partial charge in [0.05, 0.1) is 5.02 Å². The molecule has 4 heteroatoms. The molecule has 0 bridgehead atoms. The highest BCUT2D eigenvalue weighted by Gasteiger charge is 1.99. The van der Waals surface area contributed by atoms with Gasteiger partial charge in [-0.15, -0.1) is 0 Å². The summed E-state index contributed by atoms with van der Waals surface area (Å²) in [6, 6.07) is 0.981. The van der Waals surface area contributed by atoms with Crippen molar-refractivity contribution >= 4 is 17.9 Å². The minimum atomic E-state index is -0.702. The Balaban J connectivity index is 3.21. The molecule has 0 N–H and O–H groups in total. The van der Waals surface area contributed by atoms with Crippen LogP contribution in [0.5, 0.6) is 0 Å². The van der Waals surface area contributed by atoms with Crippen LogP contribution in [0.4, 0.5) is 4.39 Å². The highest BCUT2D eigenvalue weighted by molar-refractivity contribution is 6.32. The van der Waals surface area contributed by atoms with Crippen LogP contribution in [0.15, 0.2) is 12.3 Å². The molecule has 1 heterocycles. The van der Waals surface area contributed by atoms with Crippen molar-refractivity contribution in [2.45, 2.75) is 0 Å². The van der Waals surface area contributed by atoms with Crippen LogP contribution in [0.2, 0.25) is 5.02 Å². The monoisotopic (exact) mass is 159 g/mol. The Bertz CT molecular complexity index is 264. The van der Waals surface area contributed by atoms with Crippen LogP contribution in [0, 0.1) is 5.95 Å². The zero-order valence-corrected chi connectivity index (χ0v) is 5.60. The van der Waals surface area contributed by atoms with Gasteiger partial charge in [-0.3, -0.25) is 4.79 Å². The van der Waals surface area contributed by atoms with Crippen molar-refractivity contribution in [3.8, 4) is 0 Å². The third-order valence-corrected chi connectivity index (χ3v) is 1.29. The summed E-state index contributed by atoms with van der Waals surface area (Å²) in [4.78, 5) is 13.3. The lowest BCUT2D eigenvalue weighted by Gasteiger charge is -1.92. The molecule has 0 spiro atoms. The first-order valence-corrected chi connectivity index (χ1v) is 2.88. The van der Waals surface area contributed by atoms with Crippen LogP contribution in [0.3, 0.4) is 0 Å². The maximum Gasteiger partial charge on any atom is 0.213 e. The van der Waals surface area contributed by atoms with Gasteiger partial charge in [-0.25, -0.2) is 4.98 Å². The summed E-state index contributed by atoms with van der Waals surface area (Å²) in [5.41, 5.74) is 0.120. The molecular formula is C6H3ClFNO. The molecule has 0 fully saturated rings. The van der Waals surface area contributed by atoms with Gasteiger partial charge in [0.15, 0.2) is 6.29 Å². The van der Waals surface area contributed by atoms with E-state index in [0.717, 1.165) is 12.3 Å². The second-order valence-electron chi connectivity index (χ2n) is 1.65. The molecule has 1 aromatic rings. The largest absolute Gasteiger partial charge is 0.298 e. The standard InChI is InChI=1S/C6H3ClFNO/c7-5-2-9-6(8)1-4(5)3-10/h1-3H. The van der Waals surface area contributed by atoms with E-state index in [2.05, 4.69) is 4.98 Å². The van der Waals surface area contributed by atoms with Crippen LogP contribution in [-0.2, 0) is 0 Å². The van der Waals surface area contributed by atoms with E-state index in [1.165, 1.54) is 0 Å². The van der Waals surface area contributed by atoms with Gasteiger partial charge in [-0.2, -0.15) is 4.39 Å². The van der Waals surface area contributed by atoms with Crippen molar-refractivity contribution in [2.24, 2.45) is 0 Å². The quantitative estimate of drug-likeness (QED) is 0.461. The van der Waals surface area contributed by atoms with E-state index in [1.807, 2.05) is 0 Å². The topological polar surface area (TPSA) is 30.0 Å². The molecule has 0 aliphatic rings. The smallest absolute Gasteiger partial charge is 0.213 e. The fraction of sp³-hybridized carbons (Fsp3) is 0. The summed E-state index contributed by atoms with van der Waals surface area (Å²) in [7, 11) is 0. The SMILES string of the molecule is O=Cc1cc(F)ncc1Cl. The van der Waals surface area contributed by atoms with Crippen molar-refractivity contribution in [2.75, 3.05) is 0 Å². The number of nitrogens with zero attached hydrogens (tertiary/aromatic N) is 1. The normalized spacial score (nSPS) is 9.40. The number of hydrogen-bond donors (Lipinski definition) is 0. The first kappa shape index (κ1) is 7.15. The van der Waals surface area contributed by atoms with Crippen molar-refractivity contribution in [1.29, 1.82) is 0 Å². The Morgan fingerprint density at radius 1 is 1.70 bits per heavy atom. The van der Waals surface area contributed by atoms with Gasteiger partial charge >= 0.3 is 0 Å². The van der Waals surface area contributed by atoms with Crippen LogP contribution in [-0.4, -0.2) is 11.3 Å². The van der Waals surface area contributed by atoms with Gasteiger partial charge in [0.1, 0.15) is 0 Å². The fourth-order valence-electron chi connectivity index (χ4n) is 0.518. The Morgan fingerprint density at radius 3 is 2.90 bits per heavy atom. The highest BCUT2D eigenvalue weighted by Crippen LogP contribution is 2.11. The predicted octanol–water partition coefficient (Wildman–Crippen LogP) is 1.69. The summed E-state index contributed by atoms with van der Waals surface area (Å²) >= 11 is 5.44. The minimum absolute atomic E-state index is 0.120. The summed E-state index contributed by atoms with van der Waals surface area (Å²) in [5.74, 6) is -0.702. The maximum atomic E-state index is 12.2. The second kappa shape index (κ2) is 2.75. The van der Waals surface area contributed by atoms with Crippen molar-refractivity contribution in [3.05, 3.63) is 28.8 Å². The Labute approximate surface area is 61.6 Å². The van der Waals surface area contributed by atoms with E-state index in [4.69, 9.17) is 11.6 Å². The molecule has 0 saturated carbocycles. The lowest BCUT2D eigenvalue weighted by Crippen LogP contribution is -1.87. The predicted molar refractivity (Wildman–Crippen MR) is 34.6 cm³/mol. The van der Waals surface area contributed by atoms with Crippen molar-refractivity contribution in [3.63, 3.8) is 0 Å². The van der Waals surface area contributed by atoms with Crippen LogP contribution in [0.25, 0.3) is 0 Å². The first-order valence-electron chi connectivity index (χ1n) is 2.50. The number of rotatable bonds is 1. The number of pyridine rings is 1. The lowest BCUT2D eigenvalue weighted by molar-refractivity contribution is 0.112. The highest BCUT2D eigenvalue weighted by atomic mass is 35.5. The van der Waals surface area contributed by atoms with Crippen molar-refractivity contribution < 1.29 is 9.18 Å². The molecule has 0 amide bonds. The van der Waals surface area contributed by atoms with E-state index in [0.29, 0.717) is 6.29 Å². The summed E-state index contributed by atoms with van der Waals surface area (Å²) < 4.78 is 12.2. The number of aldehydes is 1. The molecule has 0 aliphatic heterocycles. The van der Waals surface area contributed by atoms with Gasteiger partial charge in [0, 0.05) is 17.8 Å². The van der Waals surface area contributed by atoms with Crippen molar-refractivity contribution in [1.82, 2.24) is 4.98 Å². The maximum absolute atomic E-state index is 12.2. The van der Waals surface area contributed by atoms with Gasteiger partial charge < -0.3 is 0 Å². The third-order valence-electron chi connectivity index (χ3n) is 0.979. The molecular weight excluding hydrogens is 157 g/mol. The molecule has 0 radical (unpaired) electrons. The van der Waals surface area contributed by atoms with Crippen LogP contribution >= 0.6 is 11.6 Å². The number of carbonyl (C=O) groups is 1. The molecule has 1 aromatic heterocycles. The van der Waals surface area contributed by atoms with Gasteiger partial charge in [0.25, 0.3) is 0 Å². The average Bonchev–Trinajstić information content (AvgIpc) is 1.94. The number of aromatic nitrogens is 1.